The third kappa shape index (κ3) is 5.29. The maximum Gasteiger partial charge on any atom is 0.226 e. The lowest BCUT2D eigenvalue weighted by molar-refractivity contribution is -0.116. The Morgan fingerprint density at radius 2 is 1.77 bits per heavy atom. The molecular weight excluding hydrogens is 446 g/mol. The fourth-order valence-corrected chi connectivity index (χ4v) is 3.71. The molecule has 30 heavy (non-hydrogen) atoms. The van der Waals surface area contributed by atoms with Gasteiger partial charge in [0.2, 0.25) is 5.91 Å². The van der Waals surface area contributed by atoms with Gasteiger partial charge in [-0.05, 0) is 49.2 Å². The van der Waals surface area contributed by atoms with E-state index in [1.54, 1.807) is 6.07 Å². The number of aryl methyl sites for hydroxylation is 1. The van der Waals surface area contributed by atoms with Crippen LogP contribution in [-0.2, 0) is 11.2 Å². The number of anilines is 3. The van der Waals surface area contributed by atoms with Crippen molar-refractivity contribution < 1.29 is 4.79 Å². The molecule has 4 rings (SSSR count). The molecule has 0 saturated heterocycles. The molecule has 1 amide bonds. The second kappa shape index (κ2) is 9.92. The van der Waals surface area contributed by atoms with Crippen molar-refractivity contribution in [3.8, 4) is 0 Å². The standard InChI is InChI=1S/C21H24BrN7O/c22-15-4-3-14-2-1-8-23-10-11-24-9-7-19(30)28-18-6-5-16-20(29-18)21(26-13-25-16)27-17(14)12-15/h3-6,12-13,23-24H,1-2,7-11H2,(H,25,26,27)(H,28,29,30). The van der Waals surface area contributed by atoms with Crippen molar-refractivity contribution in [2.75, 3.05) is 36.8 Å². The minimum absolute atomic E-state index is 0.0796. The van der Waals surface area contributed by atoms with Crippen molar-refractivity contribution in [3.05, 3.63) is 46.7 Å². The van der Waals surface area contributed by atoms with Crippen molar-refractivity contribution >= 4 is 50.2 Å². The molecule has 156 valence electrons. The molecular formula is C21H24BrN7O. The quantitative estimate of drug-likeness (QED) is 0.401. The SMILES string of the molecule is O=C1CCNCCNCCCc2ccc(Br)cc2Nc2ncnc3ccc(nc23)N1. The van der Waals surface area contributed by atoms with E-state index in [2.05, 4.69) is 58.2 Å². The summed E-state index contributed by atoms with van der Waals surface area (Å²) in [6, 6.07) is 9.82. The zero-order chi connectivity index (χ0) is 20.8. The van der Waals surface area contributed by atoms with Crippen LogP contribution in [0.1, 0.15) is 18.4 Å². The molecule has 3 aromatic rings. The highest BCUT2D eigenvalue weighted by Gasteiger charge is 2.12. The monoisotopic (exact) mass is 469 g/mol. The van der Waals surface area contributed by atoms with Gasteiger partial charge in [-0.3, -0.25) is 4.79 Å². The van der Waals surface area contributed by atoms with E-state index in [0.29, 0.717) is 35.6 Å². The first-order chi connectivity index (χ1) is 14.7. The molecule has 0 atom stereocenters. The molecule has 8 nitrogen and oxygen atoms in total. The summed E-state index contributed by atoms with van der Waals surface area (Å²) in [5, 5.41) is 13.0. The second-order valence-electron chi connectivity index (χ2n) is 7.11. The van der Waals surface area contributed by atoms with Crippen molar-refractivity contribution in [2.45, 2.75) is 19.3 Å². The number of fused-ring (bicyclic) bond motifs is 2. The van der Waals surface area contributed by atoms with E-state index in [-0.39, 0.29) is 5.91 Å². The Hall–Kier alpha value is -2.62. The summed E-state index contributed by atoms with van der Waals surface area (Å²) in [5.74, 6) is 1.02. The number of carbonyl (C=O) groups is 1. The molecule has 4 N–H and O–H groups in total. The number of nitrogens with one attached hydrogen (secondary N) is 4. The largest absolute Gasteiger partial charge is 0.338 e. The van der Waals surface area contributed by atoms with Crippen LogP contribution in [0.2, 0.25) is 0 Å². The molecule has 0 saturated carbocycles. The minimum Gasteiger partial charge on any atom is -0.338 e. The van der Waals surface area contributed by atoms with Gasteiger partial charge in [0.1, 0.15) is 17.7 Å². The van der Waals surface area contributed by atoms with Crippen LogP contribution >= 0.6 is 15.9 Å². The third-order valence-corrected chi connectivity index (χ3v) is 5.37. The number of rotatable bonds is 0. The number of aromatic nitrogens is 3. The van der Waals surface area contributed by atoms with Crippen LogP contribution in [0.5, 0.6) is 0 Å². The number of hydrogen-bond donors (Lipinski definition) is 4. The lowest BCUT2D eigenvalue weighted by atomic mass is 10.1. The van der Waals surface area contributed by atoms with Gasteiger partial charge in [-0.15, -0.1) is 0 Å². The van der Waals surface area contributed by atoms with Crippen LogP contribution in [0.3, 0.4) is 0 Å². The van der Waals surface area contributed by atoms with Crippen molar-refractivity contribution in [2.24, 2.45) is 0 Å². The molecule has 0 aliphatic carbocycles. The molecule has 1 aromatic carbocycles. The maximum atomic E-state index is 12.2. The molecule has 2 aromatic heterocycles. The lowest BCUT2D eigenvalue weighted by Gasteiger charge is -2.14. The fraction of sp³-hybridized carbons (Fsp3) is 0.333. The topological polar surface area (TPSA) is 104 Å². The number of amides is 1. The summed E-state index contributed by atoms with van der Waals surface area (Å²) in [7, 11) is 0. The van der Waals surface area contributed by atoms with Gasteiger partial charge in [0.05, 0.1) is 5.52 Å². The van der Waals surface area contributed by atoms with Crippen molar-refractivity contribution in [1.29, 1.82) is 0 Å². The van der Waals surface area contributed by atoms with E-state index in [1.807, 2.05) is 18.2 Å². The highest BCUT2D eigenvalue weighted by Crippen LogP contribution is 2.28. The van der Waals surface area contributed by atoms with Crippen molar-refractivity contribution in [3.63, 3.8) is 0 Å². The summed E-state index contributed by atoms with van der Waals surface area (Å²) in [4.78, 5) is 25.6. The average molecular weight is 470 g/mol. The van der Waals surface area contributed by atoms with E-state index in [9.17, 15) is 4.79 Å². The van der Waals surface area contributed by atoms with Gasteiger partial charge in [-0.25, -0.2) is 15.0 Å². The predicted molar refractivity (Wildman–Crippen MR) is 122 cm³/mol. The first kappa shape index (κ1) is 20.6. The normalized spacial score (nSPS) is 16.2. The van der Waals surface area contributed by atoms with Gasteiger partial charge >= 0.3 is 0 Å². The zero-order valence-corrected chi connectivity index (χ0v) is 18.1. The van der Waals surface area contributed by atoms with Crippen LogP contribution in [-0.4, -0.2) is 47.0 Å². The summed E-state index contributed by atoms with van der Waals surface area (Å²) in [5.41, 5.74) is 3.50. The molecule has 0 radical (unpaired) electrons. The highest BCUT2D eigenvalue weighted by molar-refractivity contribution is 9.10. The van der Waals surface area contributed by atoms with Crippen LogP contribution in [0.4, 0.5) is 17.3 Å². The number of halogens is 1. The first-order valence-corrected chi connectivity index (χ1v) is 10.9. The highest BCUT2D eigenvalue weighted by atomic mass is 79.9. The van der Waals surface area contributed by atoms with Gasteiger partial charge in [0.25, 0.3) is 0 Å². The van der Waals surface area contributed by atoms with E-state index >= 15 is 0 Å². The van der Waals surface area contributed by atoms with E-state index in [4.69, 9.17) is 0 Å². The third-order valence-electron chi connectivity index (χ3n) is 4.88. The van der Waals surface area contributed by atoms with Gasteiger partial charge in [0, 0.05) is 36.2 Å². The van der Waals surface area contributed by atoms with Crippen LogP contribution in [0, 0.1) is 0 Å². The summed E-state index contributed by atoms with van der Waals surface area (Å²) in [6.07, 6.45) is 3.86. The number of pyridine rings is 1. The molecule has 0 unspecified atom stereocenters. The molecule has 3 heterocycles. The van der Waals surface area contributed by atoms with Crippen molar-refractivity contribution in [1.82, 2.24) is 25.6 Å². The van der Waals surface area contributed by atoms with Gasteiger partial charge in [0.15, 0.2) is 5.82 Å². The summed E-state index contributed by atoms with van der Waals surface area (Å²) < 4.78 is 0.986. The molecule has 1 aliphatic heterocycles. The fourth-order valence-electron chi connectivity index (χ4n) is 3.35. The van der Waals surface area contributed by atoms with Crippen LogP contribution in [0.25, 0.3) is 11.0 Å². The van der Waals surface area contributed by atoms with Gasteiger partial charge < -0.3 is 21.3 Å². The lowest BCUT2D eigenvalue weighted by Crippen LogP contribution is -2.30. The summed E-state index contributed by atoms with van der Waals surface area (Å²) in [6.45, 7) is 3.25. The number of carbonyl (C=O) groups excluding carboxylic acids is 1. The Bertz CT molecular complexity index is 1040. The summed E-state index contributed by atoms with van der Waals surface area (Å²) >= 11 is 3.56. The van der Waals surface area contributed by atoms with Crippen LogP contribution < -0.4 is 21.3 Å². The molecule has 0 spiro atoms. The maximum absolute atomic E-state index is 12.2. The van der Waals surface area contributed by atoms with Gasteiger partial charge in [-0.2, -0.15) is 0 Å². The van der Waals surface area contributed by atoms with Crippen LogP contribution in [0.15, 0.2) is 41.1 Å². The number of hydrogen-bond acceptors (Lipinski definition) is 7. The Labute approximate surface area is 183 Å². The number of nitrogens with zero attached hydrogens (tertiary/aromatic N) is 3. The molecule has 1 aliphatic rings. The smallest absolute Gasteiger partial charge is 0.226 e. The Morgan fingerprint density at radius 1 is 0.900 bits per heavy atom. The Balaban J connectivity index is 1.69. The minimum atomic E-state index is -0.0796. The van der Waals surface area contributed by atoms with Gasteiger partial charge in [-0.1, -0.05) is 22.0 Å². The van der Waals surface area contributed by atoms with E-state index in [1.165, 1.54) is 11.9 Å². The molecule has 9 heteroatoms. The first-order valence-electron chi connectivity index (χ1n) is 10.1. The van der Waals surface area contributed by atoms with E-state index < -0.39 is 0 Å². The number of benzene rings is 1. The van der Waals surface area contributed by atoms with E-state index in [0.717, 1.165) is 42.6 Å². The Kier molecular flexibility index (Phi) is 6.83. The zero-order valence-electron chi connectivity index (χ0n) is 16.5. The molecule has 0 fully saturated rings. The second-order valence-corrected chi connectivity index (χ2v) is 8.03. The Morgan fingerprint density at radius 3 is 2.67 bits per heavy atom. The predicted octanol–water partition coefficient (Wildman–Crippen LogP) is 2.98. The average Bonchev–Trinajstić information content (AvgIpc) is 2.73. The molecule has 2 bridgehead atoms.